The van der Waals surface area contributed by atoms with Gasteiger partial charge in [0.1, 0.15) is 12.4 Å². The lowest BCUT2D eigenvalue weighted by molar-refractivity contribution is 0.302. The highest BCUT2D eigenvalue weighted by molar-refractivity contribution is 6.32. The lowest BCUT2D eigenvalue weighted by Crippen LogP contribution is -2.02. The summed E-state index contributed by atoms with van der Waals surface area (Å²) in [7, 11) is 0. The summed E-state index contributed by atoms with van der Waals surface area (Å²) < 4.78 is 6.04. The predicted molar refractivity (Wildman–Crippen MR) is 90.5 cm³/mol. The molecule has 2 aromatic carbocycles. The van der Waals surface area contributed by atoms with Crippen LogP contribution in [-0.4, -0.2) is 0 Å². The minimum atomic E-state index is 0.397. The average Bonchev–Trinajstić information content (AvgIpc) is 2.52. The van der Waals surface area contributed by atoms with Crippen molar-refractivity contribution in [2.45, 2.75) is 39.2 Å². The van der Waals surface area contributed by atoms with Crippen LogP contribution in [0.3, 0.4) is 0 Å². The Morgan fingerprint density at radius 1 is 1.00 bits per heavy atom. The smallest absolute Gasteiger partial charge is 0.123 e. The van der Waals surface area contributed by atoms with Gasteiger partial charge in [-0.05, 0) is 47.2 Å². The van der Waals surface area contributed by atoms with Crippen molar-refractivity contribution in [3.63, 3.8) is 0 Å². The van der Waals surface area contributed by atoms with E-state index in [2.05, 4.69) is 32.0 Å². The zero-order chi connectivity index (χ0) is 15.2. The number of aryl methyl sites for hydroxylation is 2. The largest absolute Gasteiger partial charge is 0.489 e. The molecule has 0 aromatic heterocycles. The van der Waals surface area contributed by atoms with Crippen molar-refractivity contribution in [2.75, 3.05) is 0 Å². The SMILES string of the molecule is CCc1ccc(CC)c(OCc2cccc(Cl)c2CCl)c1. The van der Waals surface area contributed by atoms with Crippen molar-refractivity contribution in [1.29, 1.82) is 0 Å². The maximum Gasteiger partial charge on any atom is 0.123 e. The predicted octanol–water partition coefficient (Wildman–Crippen LogP) is 5.78. The van der Waals surface area contributed by atoms with Crippen LogP contribution in [0, 0.1) is 0 Å². The van der Waals surface area contributed by atoms with Gasteiger partial charge in [-0.2, -0.15) is 0 Å². The Bertz CT molecular complexity index is 608. The molecule has 112 valence electrons. The first-order chi connectivity index (χ1) is 10.2. The Labute approximate surface area is 136 Å². The van der Waals surface area contributed by atoms with Gasteiger partial charge in [-0.25, -0.2) is 0 Å². The molecule has 0 unspecified atom stereocenters. The Kier molecular flexibility index (Phi) is 5.96. The molecule has 0 fully saturated rings. The number of ether oxygens (including phenoxy) is 1. The van der Waals surface area contributed by atoms with Crippen molar-refractivity contribution in [3.8, 4) is 5.75 Å². The van der Waals surface area contributed by atoms with Crippen molar-refractivity contribution >= 4 is 23.2 Å². The van der Waals surface area contributed by atoms with Crippen LogP contribution in [0.15, 0.2) is 36.4 Å². The molecule has 3 heteroatoms. The van der Waals surface area contributed by atoms with Gasteiger partial charge in [0.25, 0.3) is 0 Å². The third-order valence-corrected chi connectivity index (χ3v) is 4.27. The van der Waals surface area contributed by atoms with Gasteiger partial charge >= 0.3 is 0 Å². The molecule has 0 aliphatic carbocycles. The fraction of sp³-hybridized carbons (Fsp3) is 0.333. The molecule has 0 amide bonds. The summed E-state index contributed by atoms with van der Waals surface area (Å²) in [6.45, 7) is 4.77. The summed E-state index contributed by atoms with van der Waals surface area (Å²) in [6, 6.07) is 12.2. The van der Waals surface area contributed by atoms with E-state index in [9.17, 15) is 0 Å². The quantitative estimate of drug-likeness (QED) is 0.612. The molecule has 1 nitrogen and oxygen atoms in total. The van der Waals surface area contributed by atoms with E-state index in [1.165, 1.54) is 11.1 Å². The highest BCUT2D eigenvalue weighted by Gasteiger charge is 2.08. The first kappa shape index (κ1) is 16.2. The van der Waals surface area contributed by atoms with Crippen LogP contribution in [0.5, 0.6) is 5.75 Å². The van der Waals surface area contributed by atoms with Gasteiger partial charge in [0.15, 0.2) is 0 Å². The summed E-state index contributed by atoms with van der Waals surface area (Å²) in [5.74, 6) is 1.35. The summed E-state index contributed by atoms with van der Waals surface area (Å²) in [4.78, 5) is 0. The van der Waals surface area contributed by atoms with Gasteiger partial charge in [-0.15, -0.1) is 11.6 Å². The van der Waals surface area contributed by atoms with E-state index >= 15 is 0 Å². The fourth-order valence-electron chi connectivity index (χ4n) is 2.29. The number of hydrogen-bond acceptors (Lipinski definition) is 1. The van der Waals surface area contributed by atoms with Crippen LogP contribution >= 0.6 is 23.2 Å². The highest BCUT2D eigenvalue weighted by atomic mass is 35.5. The van der Waals surface area contributed by atoms with Crippen LogP contribution < -0.4 is 4.74 Å². The second-order valence-electron chi connectivity index (χ2n) is 4.95. The summed E-state index contributed by atoms with van der Waals surface area (Å²) in [6.07, 6.45) is 1.96. The minimum absolute atomic E-state index is 0.397. The first-order valence-corrected chi connectivity index (χ1v) is 8.17. The van der Waals surface area contributed by atoms with E-state index in [4.69, 9.17) is 27.9 Å². The molecule has 0 saturated carbocycles. The van der Waals surface area contributed by atoms with E-state index in [0.29, 0.717) is 17.5 Å². The molecule has 2 rings (SSSR count). The Morgan fingerprint density at radius 2 is 1.81 bits per heavy atom. The Morgan fingerprint density at radius 3 is 2.48 bits per heavy atom. The monoisotopic (exact) mass is 322 g/mol. The highest BCUT2D eigenvalue weighted by Crippen LogP contribution is 2.26. The summed E-state index contributed by atoms with van der Waals surface area (Å²) >= 11 is 12.2. The van der Waals surface area contributed by atoms with Crippen molar-refractivity contribution in [2.24, 2.45) is 0 Å². The number of benzene rings is 2. The molecule has 0 spiro atoms. The van der Waals surface area contributed by atoms with E-state index < -0.39 is 0 Å². The Balaban J connectivity index is 2.22. The van der Waals surface area contributed by atoms with Crippen LogP contribution in [0.25, 0.3) is 0 Å². The van der Waals surface area contributed by atoms with E-state index in [1.807, 2.05) is 18.2 Å². The maximum atomic E-state index is 6.18. The van der Waals surface area contributed by atoms with Crippen molar-refractivity contribution < 1.29 is 4.74 Å². The molecular formula is C18H20Cl2O. The second-order valence-corrected chi connectivity index (χ2v) is 5.62. The zero-order valence-corrected chi connectivity index (χ0v) is 14.0. The molecule has 21 heavy (non-hydrogen) atoms. The fourth-order valence-corrected chi connectivity index (χ4v) is 2.93. The van der Waals surface area contributed by atoms with E-state index in [-0.39, 0.29) is 0 Å². The van der Waals surface area contributed by atoms with Crippen molar-refractivity contribution in [1.82, 2.24) is 0 Å². The lowest BCUT2D eigenvalue weighted by Gasteiger charge is -2.14. The van der Waals surface area contributed by atoms with E-state index in [1.54, 1.807) is 0 Å². The van der Waals surface area contributed by atoms with Gasteiger partial charge < -0.3 is 4.74 Å². The third-order valence-electron chi connectivity index (χ3n) is 3.65. The van der Waals surface area contributed by atoms with Gasteiger partial charge in [0, 0.05) is 10.9 Å². The van der Waals surface area contributed by atoms with Crippen LogP contribution in [0.1, 0.15) is 36.1 Å². The number of rotatable bonds is 6. The van der Waals surface area contributed by atoms with Gasteiger partial charge in [0.2, 0.25) is 0 Å². The zero-order valence-electron chi connectivity index (χ0n) is 12.5. The molecular weight excluding hydrogens is 303 g/mol. The van der Waals surface area contributed by atoms with E-state index in [0.717, 1.165) is 29.7 Å². The molecule has 0 aliphatic heterocycles. The molecule has 0 saturated heterocycles. The topological polar surface area (TPSA) is 9.23 Å². The third kappa shape index (κ3) is 3.93. The average molecular weight is 323 g/mol. The summed E-state index contributed by atoms with van der Waals surface area (Å²) in [5.41, 5.74) is 4.50. The molecule has 0 atom stereocenters. The molecule has 0 bridgehead atoms. The molecule has 0 N–H and O–H groups in total. The van der Waals surface area contributed by atoms with Gasteiger partial charge in [-0.1, -0.05) is 49.7 Å². The molecule has 2 aromatic rings. The normalized spacial score (nSPS) is 10.7. The van der Waals surface area contributed by atoms with Crippen LogP contribution in [0.2, 0.25) is 5.02 Å². The van der Waals surface area contributed by atoms with Crippen LogP contribution in [0.4, 0.5) is 0 Å². The van der Waals surface area contributed by atoms with Crippen molar-refractivity contribution in [3.05, 3.63) is 63.7 Å². The van der Waals surface area contributed by atoms with Crippen LogP contribution in [-0.2, 0) is 25.3 Å². The van der Waals surface area contributed by atoms with Gasteiger partial charge in [-0.3, -0.25) is 0 Å². The number of halogens is 2. The Hall–Kier alpha value is -1.18. The molecule has 0 aliphatic rings. The second kappa shape index (κ2) is 7.72. The summed E-state index contributed by atoms with van der Waals surface area (Å²) in [5, 5.41) is 0.698. The lowest BCUT2D eigenvalue weighted by atomic mass is 10.1. The first-order valence-electron chi connectivity index (χ1n) is 7.26. The number of hydrogen-bond donors (Lipinski definition) is 0. The molecule has 0 heterocycles. The van der Waals surface area contributed by atoms with Gasteiger partial charge in [0.05, 0.1) is 0 Å². The molecule has 0 radical (unpaired) electrons. The maximum absolute atomic E-state index is 6.18. The standard InChI is InChI=1S/C18H20Cl2O/c1-3-13-8-9-14(4-2)18(10-13)21-12-15-6-5-7-17(20)16(15)11-19/h5-10H,3-4,11-12H2,1-2H3. The minimum Gasteiger partial charge on any atom is -0.489 e. The number of alkyl halides is 1.